The lowest BCUT2D eigenvalue weighted by atomic mass is 10.3. The topological polar surface area (TPSA) is 59.9 Å². The summed E-state index contributed by atoms with van der Waals surface area (Å²) in [7, 11) is 0. The van der Waals surface area contributed by atoms with E-state index in [-0.39, 0.29) is 0 Å². The van der Waals surface area contributed by atoms with Crippen molar-refractivity contribution < 1.29 is 4.74 Å². The van der Waals surface area contributed by atoms with Crippen molar-refractivity contribution in [1.82, 2.24) is 15.0 Å². The van der Waals surface area contributed by atoms with E-state index in [0.29, 0.717) is 24.3 Å². The van der Waals surface area contributed by atoms with Crippen molar-refractivity contribution in [3.63, 3.8) is 0 Å². The molecule has 0 aliphatic heterocycles. The minimum Gasteiger partial charge on any atom is -0.472 e. The molecule has 18 heavy (non-hydrogen) atoms. The molecular formula is C13H16N4O. The average molecular weight is 244 g/mol. The molecular weight excluding hydrogens is 228 g/mol. The van der Waals surface area contributed by atoms with Gasteiger partial charge in [0, 0.05) is 24.0 Å². The SMILES string of the molecule is CC(C)Nc1cncc(OCc2cccnc2)n1. The van der Waals surface area contributed by atoms with E-state index in [2.05, 4.69) is 20.3 Å². The Bertz CT molecular complexity index is 487. The summed E-state index contributed by atoms with van der Waals surface area (Å²) in [5, 5.41) is 3.18. The first-order valence-electron chi connectivity index (χ1n) is 5.84. The van der Waals surface area contributed by atoms with Crippen molar-refractivity contribution in [1.29, 1.82) is 0 Å². The molecule has 2 rings (SSSR count). The highest BCUT2D eigenvalue weighted by molar-refractivity contribution is 5.34. The van der Waals surface area contributed by atoms with Gasteiger partial charge in [-0.2, -0.15) is 4.98 Å². The molecule has 0 saturated heterocycles. The molecule has 0 spiro atoms. The van der Waals surface area contributed by atoms with Crippen LogP contribution in [-0.2, 0) is 6.61 Å². The van der Waals surface area contributed by atoms with E-state index >= 15 is 0 Å². The Labute approximate surface area is 106 Å². The van der Waals surface area contributed by atoms with E-state index in [9.17, 15) is 0 Å². The van der Waals surface area contributed by atoms with Crippen LogP contribution in [0.3, 0.4) is 0 Å². The molecule has 1 N–H and O–H groups in total. The summed E-state index contributed by atoms with van der Waals surface area (Å²) in [5.74, 6) is 1.22. The Morgan fingerprint density at radius 2 is 2.11 bits per heavy atom. The van der Waals surface area contributed by atoms with Crippen LogP contribution in [0.4, 0.5) is 5.82 Å². The van der Waals surface area contributed by atoms with Gasteiger partial charge in [0.05, 0.1) is 12.4 Å². The fourth-order valence-electron chi connectivity index (χ4n) is 1.42. The molecule has 0 unspecified atom stereocenters. The van der Waals surface area contributed by atoms with Gasteiger partial charge in [0.15, 0.2) is 0 Å². The molecule has 0 aromatic carbocycles. The van der Waals surface area contributed by atoms with Crippen LogP contribution in [0.5, 0.6) is 5.88 Å². The van der Waals surface area contributed by atoms with Gasteiger partial charge in [-0.05, 0) is 19.9 Å². The van der Waals surface area contributed by atoms with E-state index in [1.165, 1.54) is 0 Å². The van der Waals surface area contributed by atoms with Crippen LogP contribution in [0, 0.1) is 0 Å². The predicted molar refractivity (Wildman–Crippen MR) is 69.4 cm³/mol. The van der Waals surface area contributed by atoms with Gasteiger partial charge in [-0.1, -0.05) is 6.07 Å². The molecule has 0 amide bonds. The van der Waals surface area contributed by atoms with Gasteiger partial charge < -0.3 is 10.1 Å². The van der Waals surface area contributed by atoms with Crippen LogP contribution in [-0.4, -0.2) is 21.0 Å². The number of ether oxygens (including phenoxy) is 1. The minimum absolute atomic E-state index is 0.313. The lowest BCUT2D eigenvalue weighted by molar-refractivity contribution is 0.292. The standard InChI is InChI=1S/C13H16N4O/c1-10(2)16-12-7-15-8-13(17-12)18-9-11-4-3-5-14-6-11/h3-8,10H,9H2,1-2H3,(H,16,17). The Kier molecular flexibility index (Phi) is 4.06. The fourth-order valence-corrected chi connectivity index (χ4v) is 1.42. The summed E-state index contributed by atoms with van der Waals surface area (Å²) in [5.41, 5.74) is 1.00. The normalized spacial score (nSPS) is 10.4. The molecule has 0 aliphatic rings. The van der Waals surface area contributed by atoms with Gasteiger partial charge in [0.1, 0.15) is 12.4 Å². The molecule has 5 heteroatoms. The molecule has 2 aromatic heterocycles. The zero-order valence-corrected chi connectivity index (χ0v) is 10.5. The maximum absolute atomic E-state index is 5.56. The molecule has 0 bridgehead atoms. The zero-order chi connectivity index (χ0) is 12.8. The highest BCUT2D eigenvalue weighted by Gasteiger charge is 2.01. The Balaban J connectivity index is 1.97. The molecule has 0 atom stereocenters. The first-order chi connectivity index (χ1) is 8.74. The molecule has 2 heterocycles. The first kappa shape index (κ1) is 12.3. The molecule has 0 radical (unpaired) electrons. The smallest absolute Gasteiger partial charge is 0.234 e. The van der Waals surface area contributed by atoms with Crippen molar-refractivity contribution in [2.45, 2.75) is 26.5 Å². The number of pyridine rings is 1. The second-order valence-corrected chi connectivity index (χ2v) is 4.19. The monoisotopic (exact) mass is 244 g/mol. The van der Waals surface area contributed by atoms with Crippen LogP contribution in [0.2, 0.25) is 0 Å². The summed E-state index contributed by atoms with van der Waals surface area (Å²) in [6.07, 6.45) is 6.78. The van der Waals surface area contributed by atoms with Gasteiger partial charge >= 0.3 is 0 Å². The zero-order valence-electron chi connectivity index (χ0n) is 10.5. The van der Waals surface area contributed by atoms with Crippen LogP contribution in [0.25, 0.3) is 0 Å². The quantitative estimate of drug-likeness (QED) is 0.874. The number of hydrogen-bond acceptors (Lipinski definition) is 5. The number of anilines is 1. The van der Waals surface area contributed by atoms with E-state index in [1.807, 2.05) is 26.0 Å². The Hall–Kier alpha value is -2.17. The highest BCUT2D eigenvalue weighted by Crippen LogP contribution is 2.11. The lowest BCUT2D eigenvalue weighted by Crippen LogP contribution is -2.11. The number of aromatic nitrogens is 3. The molecule has 5 nitrogen and oxygen atoms in total. The number of nitrogens with zero attached hydrogens (tertiary/aromatic N) is 3. The van der Waals surface area contributed by atoms with Crippen molar-refractivity contribution in [2.24, 2.45) is 0 Å². The van der Waals surface area contributed by atoms with E-state index in [1.54, 1.807) is 24.8 Å². The summed E-state index contributed by atoms with van der Waals surface area (Å²) in [6.45, 7) is 4.53. The van der Waals surface area contributed by atoms with Crippen molar-refractivity contribution >= 4 is 5.82 Å². The van der Waals surface area contributed by atoms with Crippen molar-refractivity contribution in [2.75, 3.05) is 5.32 Å². The predicted octanol–water partition coefficient (Wildman–Crippen LogP) is 2.27. The van der Waals surface area contributed by atoms with Crippen LogP contribution >= 0.6 is 0 Å². The molecule has 2 aromatic rings. The molecule has 94 valence electrons. The average Bonchev–Trinajstić information content (AvgIpc) is 2.37. The highest BCUT2D eigenvalue weighted by atomic mass is 16.5. The summed E-state index contributed by atoms with van der Waals surface area (Å²) in [4.78, 5) is 12.4. The van der Waals surface area contributed by atoms with Gasteiger partial charge in [-0.15, -0.1) is 0 Å². The number of hydrogen-bond donors (Lipinski definition) is 1. The number of nitrogens with one attached hydrogen (secondary N) is 1. The van der Waals surface area contributed by atoms with Crippen LogP contribution in [0.15, 0.2) is 36.9 Å². The lowest BCUT2D eigenvalue weighted by Gasteiger charge is -2.10. The maximum Gasteiger partial charge on any atom is 0.234 e. The molecule has 0 fully saturated rings. The van der Waals surface area contributed by atoms with E-state index in [0.717, 1.165) is 5.56 Å². The Morgan fingerprint density at radius 3 is 2.83 bits per heavy atom. The molecule has 0 aliphatic carbocycles. The van der Waals surface area contributed by atoms with E-state index < -0.39 is 0 Å². The second kappa shape index (κ2) is 5.95. The van der Waals surface area contributed by atoms with Crippen LogP contribution in [0.1, 0.15) is 19.4 Å². The van der Waals surface area contributed by atoms with E-state index in [4.69, 9.17) is 4.74 Å². The van der Waals surface area contributed by atoms with Crippen LogP contribution < -0.4 is 10.1 Å². The second-order valence-electron chi connectivity index (χ2n) is 4.19. The summed E-state index contributed by atoms with van der Waals surface area (Å²) >= 11 is 0. The fraction of sp³-hybridized carbons (Fsp3) is 0.308. The Morgan fingerprint density at radius 1 is 1.22 bits per heavy atom. The van der Waals surface area contributed by atoms with Crippen molar-refractivity contribution in [3.05, 3.63) is 42.5 Å². The third-order valence-electron chi connectivity index (χ3n) is 2.16. The molecule has 0 saturated carbocycles. The maximum atomic E-state index is 5.56. The third-order valence-corrected chi connectivity index (χ3v) is 2.16. The first-order valence-corrected chi connectivity index (χ1v) is 5.84. The van der Waals surface area contributed by atoms with Gasteiger partial charge in [0.2, 0.25) is 5.88 Å². The summed E-state index contributed by atoms with van der Waals surface area (Å²) in [6, 6.07) is 4.14. The largest absolute Gasteiger partial charge is 0.472 e. The van der Waals surface area contributed by atoms with Gasteiger partial charge in [-0.25, -0.2) is 0 Å². The minimum atomic E-state index is 0.313. The third kappa shape index (κ3) is 3.69. The van der Waals surface area contributed by atoms with Crippen molar-refractivity contribution in [3.8, 4) is 5.88 Å². The summed E-state index contributed by atoms with van der Waals surface area (Å²) < 4.78 is 5.56. The number of rotatable bonds is 5. The van der Waals surface area contributed by atoms with Gasteiger partial charge in [-0.3, -0.25) is 9.97 Å². The van der Waals surface area contributed by atoms with Gasteiger partial charge in [0.25, 0.3) is 0 Å².